The van der Waals surface area contributed by atoms with E-state index in [0.717, 1.165) is 24.5 Å². The minimum absolute atomic E-state index is 0.00603. The Morgan fingerprint density at radius 3 is 2.70 bits per heavy atom. The zero-order chi connectivity index (χ0) is 28.1. The van der Waals surface area contributed by atoms with Crippen LogP contribution < -0.4 is 15.8 Å². The zero-order valence-corrected chi connectivity index (χ0v) is 21.9. The van der Waals surface area contributed by atoms with Crippen LogP contribution in [0, 0.1) is 11.6 Å². The molecule has 4 aromatic rings. The smallest absolute Gasteiger partial charge is 0.274 e. The number of pyridine rings is 3. The molecule has 0 aliphatic heterocycles. The van der Waals surface area contributed by atoms with E-state index < -0.39 is 17.5 Å². The Kier molecular flexibility index (Phi) is 8.21. The molecule has 3 unspecified atom stereocenters. The lowest BCUT2D eigenvalue weighted by atomic mass is 9.80. The number of hydrogen-bond donors (Lipinski definition) is 2. The van der Waals surface area contributed by atoms with Crippen LogP contribution in [0.3, 0.4) is 0 Å². The van der Waals surface area contributed by atoms with Crippen LogP contribution in [0.15, 0.2) is 79.3 Å². The lowest BCUT2D eigenvalue weighted by Crippen LogP contribution is -2.43. The van der Waals surface area contributed by atoms with Gasteiger partial charge >= 0.3 is 0 Å². The van der Waals surface area contributed by atoms with Crippen molar-refractivity contribution in [3.8, 4) is 17.1 Å². The van der Waals surface area contributed by atoms with Gasteiger partial charge in [-0.15, -0.1) is 0 Å². The summed E-state index contributed by atoms with van der Waals surface area (Å²) < 4.78 is 35.6. The largest absolute Gasteiger partial charge is 0.473 e. The first-order chi connectivity index (χ1) is 19.4. The Labute approximate surface area is 231 Å². The Bertz CT molecular complexity index is 1530. The number of aromatic nitrogens is 3. The van der Waals surface area contributed by atoms with Gasteiger partial charge in [-0.25, -0.2) is 18.7 Å². The summed E-state index contributed by atoms with van der Waals surface area (Å²) in [5.74, 6) is -1.31. The average Bonchev–Trinajstić information content (AvgIpc) is 2.96. The van der Waals surface area contributed by atoms with Crippen LogP contribution in [0.1, 0.15) is 53.7 Å². The maximum absolute atomic E-state index is 14.8. The van der Waals surface area contributed by atoms with E-state index in [0.29, 0.717) is 23.6 Å². The van der Waals surface area contributed by atoms with Crippen molar-refractivity contribution in [2.75, 3.05) is 5.32 Å². The minimum Gasteiger partial charge on any atom is -0.473 e. The van der Waals surface area contributed by atoms with Crippen LogP contribution in [0.5, 0.6) is 5.88 Å². The van der Waals surface area contributed by atoms with Crippen LogP contribution in [0.25, 0.3) is 17.3 Å². The molecular formula is C31H29F2N5O2. The molecule has 1 aliphatic carbocycles. The number of allylic oxidation sites excluding steroid dienone is 1. The van der Waals surface area contributed by atoms with Gasteiger partial charge in [-0.05, 0) is 73.6 Å². The van der Waals surface area contributed by atoms with Crippen molar-refractivity contribution < 1.29 is 18.3 Å². The van der Waals surface area contributed by atoms with Crippen LogP contribution in [-0.4, -0.2) is 33.0 Å². The lowest BCUT2D eigenvalue weighted by molar-refractivity contribution is 0.102. The number of hydrogen-bond acceptors (Lipinski definition) is 6. The summed E-state index contributed by atoms with van der Waals surface area (Å²) in [6.45, 7) is 1.78. The van der Waals surface area contributed by atoms with Crippen molar-refractivity contribution in [2.45, 2.75) is 44.2 Å². The highest BCUT2D eigenvalue weighted by molar-refractivity contribution is 6.03. The van der Waals surface area contributed by atoms with E-state index in [2.05, 4.69) is 20.3 Å². The predicted molar refractivity (Wildman–Crippen MR) is 150 cm³/mol. The molecule has 0 bridgehead atoms. The molecule has 1 saturated carbocycles. The van der Waals surface area contributed by atoms with Crippen molar-refractivity contribution in [2.24, 2.45) is 5.73 Å². The molecule has 0 saturated heterocycles. The van der Waals surface area contributed by atoms with Gasteiger partial charge in [0, 0.05) is 30.1 Å². The molecule has 3 N–H and O–H groups in total. The summed E-state index contributed by atoms with van der Waals surface area (Å²) in [7, 11) is 0. The van der Waals surface area contributed by atoms with Crippen LogP contribution in [-0.2, 0) is 0 Å². The molecule has 1 fully saturated rings. The maximum atomic E-state index is 14.8. The van der Waals surface area contributed by atoms with Gasteiger partial charge in [0.2, 0.25) is 5.88 Å². The minimum atomic E-state index is -0.729. The number of nitrogens with zero attached hydrogens (tertiary/aromatic N) is 3. The van der Waals surface area contributed by atoms with E-state index in [1.807, 2.05) is 18.2 Å². The summed E-state index contributed by atoms with van der Waals surface area (Å²) in [6, 6.07) is 14.0. The average molecular weight is 542 g/mol. The third-order valence-electron chi connectivity index (χ3n) is 6.99. The second-order valence-corrected chi connectivity index (χ2v) is 9.65. The highest BCUT2D eigenvalue weighted by Gasteiger charge is 2.32. The molecule has 9 heteroatoms. The number of nitrogens with two attached hydrogens (primary N) is 1. The molecule has 0 radical (unpaired) electrons. The van der Waals surface area contributed by atoms with Crippen molar-refractivity contribution in [3.05, 3.63) is 108 Å². The van der Waals surface area contributed by atoms with Gasteiger partial charge in [0.15, 0.2) is 0 Å². The van der Waals surface area contributed by atoms with Crippen LogP contribution in [0.4, 0.5) is 14.5 Å². The molecule has 3 aromatic heterocycles. The number of halogens is 2. The van der Waals surface area contributed by atoms with E-state index in [1.165, 1.54) is 18.2 Å². The SMILES string of the molecule is CC=Cc1cccc(F)c1-c1nc(C(=O)Nc2cnccc2C2CCC(Oc3ccccn3)C(N)C2)ccc1F. The normalized spacial score (nSPS) is 18.9. The molecule has 40 heavy (non-hydrogen) atoms. The summed E-state index contributed by atoms with van der Waals surface area (Å²) in [4.78, 5) is 25.9. The second-order valence-electron chi connectivity index (χ2n) is 9.65. The summed E-state index contributed by atoms with van der Waals surface area (Å²) in [5.41, 5.74) is 8.07. The number of nitrogens with one attached hydrogen (secondary N) is 1. The molecular weight excluding hydrogens is 512 g/mol. The summed E-state index contributed by atoms with van der Waals surface area (Å²) >= 11 is 0. The van der Waals surface area contributed by atoms with Crippen molar-refractivity contribution in [1.29, 1.82) is 0 Å². The van der Waals surface area contributed by atoms with E-state index in [-0.39, 0.29) is 35.0 Å². The molecule has 1 amide bonds. The Hall–Kier alpha value is -4.50. The van der Waals surface area contributed by atoms with Gasteiger partial charge in [-0.1, -0.05) is 30.4 Å². The van der Waals surface area contributed by atoms with Crippen LogP contribution in [0.2, 0.25) is 0 Å². The zero-order valence-electron chi connectivity index (χ0n) is 21.9. The standard InChI is InChI=1S/C31H29F2N5O2/c1-2-6-19-7-5-8-22(32)29(19)30-23(33)11-12-25(37-30)31(39)38-26-18-35-16-14-21(26)20-10-13-27(24(34)17-20)40-28-9-3-4-15-36-28/h2-9,11-12,14-16,18,20,24,27H,10,13,17,34H2,1H3,(H,38,39). The molecule has 1 aromatic carbocycles. The number of ether oxygens (including phenoxy) is 1. The topological polar surface area (TPSA) is 103 Å². The molecule has 3 heterocycles. The van der Waals surface area contributed by atoms with Gasteiger partial charge in [0.1, 0.15) is 29.1 Å². The van der Waals surface area contributed by atoms with Crippen LogP contribution >= 0.6 is 0 Å². The molecule has 5 rings (SSSR count). The number of benzene rings is 1. The predicted octanol–water partition coefficient (Wildman–Crippen LogP) is 6.14. The summed E-state index contributed by atoms with van der Waals surface area (Å²) in [5, 5.41) is 2.87. The number of amides is 1. The highest BCUT2D eigenvalue weighted by atomic mass is 19.1. The lowest BCUT2D eigenvalue weighted by Gasteiger charge is -2.34. The van der Waals surface area contributed by atoms with E-state index in [9.17, 15) is 13.6 Å². The van der Waals surface area contributed by atoms with E-state index in [1.54, 1.807) is 49.8 Å². The fourth-order valence-electron chi connectivity index (χ4n) is 5.08. The Morgan fingerprint density at radius 1 is 1.05 bits per heavy atom. The number of carbonyl (C=O) groups is 1. The fourth-order valence-corrected chi connectivity index (χ4v) is 5.08. The third kappa shape index (κ3) is 5.89. The monoisotopic (exact) mass is 541 g/mol. The van der Waals surface area contributed by atoms with E-state index in [4.69, 9.17) is 10.5 Å². The van der Waals surface area contributed by atoms with Crippen molar-refractivity contribution in [3.63, 3.8) is 0 Å². The summed E-state index contributed by atoms with van der Waals surface area (Å²) in [6.07, 6.45) is 10.3. The molecule has 0 spiro atoms. The first kappa shape index (κ1) is 27.1. The van der Waals surface area contributed by atoms with Gasteiger partial charge in [-0.3, -0.25) is 9.78 Å². The Balaban J connectivity index is 1.35. The second kappa shape index (κ2) is 12.1. The van der Waals surface area contributed by atoms with Gasteiger partial charge in [0.05, 0.1) is 11.9 Å². The fraction of sp³-hybridized carbons (Fsp3) is 0.226. The first-order valence-corrected chi connectivity index (χ1v) is 13.1. The molecule has 3 atom stereocenters. The maximum Gasteiger partial charge on any atom is 0.274 e. The Morgan fingerprint density at radius 2 is 1.93 bits per heavy atom. The van der Waals surface area contributed by atoms with Gasteiger partial charge in [-0.2, -0.15) is 0 Å². The van der Waals surface area contributed by atoms with Crippen molar-refractivity contribution in [1.82, 2.24) is 15.0 Å². The number of carbonyl (C=O) groups excluding carboxylic acids is 1. The van der Waals surface area contributed by atoms with Gasteiger partial charge in [0.25, 0.3) is 5.91 Å². The molecule has 7 nitrogen and oxygen atoms in total. The van der Waals surface area contributed by atoms with Gasteiger partial charge < -0.3 is 15.8 Å². The first-order valence-electron chi connectivity index (χ1n) is 13.1. The molecule has 1 aliphatic rings. The van der Waals surface area contributed by atoms with Crippen molar-refractivity contribution >= 4 is 17.7 Å². The number of rotatable bonds is 7. The third-order valence-corrected chi connectivity index (χ3v) is 6.99. The highest BCUT2D eigenvalue weighted by Crippen LogP contribution is 2.37. The molecule has 204 valence electrons. The van der Waals surface area contributed by atoms with E-state index >= 15 is 0 Å². The number of anilines is 1. The quantitative estimate of drug-likeness (QED) is 0.291.